The lowest BCUT2D eigenvalue weighted by Gasteiger charge is -2.19. The molecule has 0 aliphatic heterocycles. The Hall–Kier alpha value is -0.570. The summed E-state index contributed by atoms with van der Waals surface area (Å²) in [6.45, 7) is 0. The van der Waals surface area contributed by atoms with E-state index in [1.54, 1.807) is 12.1 Å². The van der Waals surface area contributed by atoms with Crippen molar-refractivity contribution in [2.75, 3.05) is 0 Å². The first-order valence-corrected chi connectivity index (χ1v) is 7.40. The van der Waals surface area contributed by atoms with Gasteiger partial charge in [-0.3, -0.25) is 0 Å². The zero-order chi connectivity index (χ0) is 13.7. The van der Waals surface area contributed by atoms with Crippen LogP contribution in [0.4, 0.5) is 4.39 Å². The minimum absolute atomic E-state index is 0.259. The maximum absolute atomic E-state index is 13.1. The van der Waals surface area contributed by atoms with Crippen LogP contribution in [0.15, 0.2) is 53.0 Å². The molecule has 3 rings (SSSR count). The molecule has 2 aromatic carbocycles. The van der Waals surface area contributed by atoms with Gasteiger partial charge >= 0.3 is 0 Å². The average Bonchev–Trinajstić information content (AvgIpc) is 2.95. The molecular formula is C15H10BrCl2F. The molecule has 1 unspecified atom stereocenters. The maximum Gasteiger partial charge on any atom is 0.133 e. The highest BCUT2D eigenvalue weighted by Crippen LogP contribution is 2.68. The van der Waals surface area contributed by atoms with E-state index in [0.29, 0.717) is 6.42 Å². The van der Waals surface area contributed by atoms with Gasteiger partial charge in [0.05, 0.1) is 5.41 Å². The molecule has 1 aliphatic carbocycles. The van der Waals surface area contributed by atoms with Crippen molar-refractivity contribution in [1.29, 1.82) is 0 Å². The first kappa shape index (κ1) is 13.4. The summed E-state index contributed by atoms with van der Waals surface area (Å²) >= 11 is 16.2. The normalized spacial score (nSPS) is 24.2. The zero-order valence-corrected chi connectivity index (χ0v) is 12.9. The van der Waals surface area contributed by atoms with Gasteiger partial charge in [0.1, 0.15) is 10.2 Å². The Morgan fingerprint density at radius 1 is 0.895 bits per heavy atom. The Morgan fingerprint density at radius 2 is 1.32 bits per heavy atom. The molecule has 1 atom stereocenters. The van der Waals surface area contributed by atoms with E-state index < -0.39 is 9.75 Å². The second-order valence-corrected chi connectivity index (χ2v) is 7.20. The molecule has 0 radical (unpaired) electrons. The van der Waals surface area contributed by atoms with Crippen LogP contribution in [0.3, 0.4) is 0 Å². The number of hydrogen-bond donors (Lipinski definition) is 0. The van der Waals surface area contributed by atoms with Gasteiger partial charge in [0.25, 0.3) is 0 Å². The van der Waals surface area contributed by atoms with Crippen LogP contribution < -0.4 is 0 Å². The van der Waals surface area contributed by atoms with Crippen LogP contribution in [0.25, 0.3) is 0 Å². The fourth-order valence-electron chi connectivity index (χ4n) is 2.55. The van der Waals surface area contributed by atoms with Crippen LogP contribution in [0.1, 0.15) is 17.5 Å². The van der Waals surface area contributed by atoms with Crippen LogP contribution >= 0.6 is 39.1 Å². The number of hydrogen-bond acceptors (Lipinski definition) is 0. The predicted molar refractivity (Wildman–Crippen MR) is 80.4 cm³/mol. The first-order valence-electron chi connectivity index (χ1n) is 5.86. The van der Waals surface area contributed by atoms with E-state index >= 15 is 0 Å². The third-order valence-electron chi connectivity index (χ3n) is 3.66. The molecular weight excluding hydrogens is 350 g/mol. The number of halogens is 4. The summed E-state index contributed by atoms with van der Waals surface area (Å²) in [5.74, 6) is -0.259. The molecule has 0 nitrogen and oxygen atoms in total. The zero-order valence-electron chi connectivity index (χ0n) is 9.84. The SMILES string of the molecule is Fc1ccc(C2(c3ccc(Br)cc3)CC2(Cl)Cl)cc1. The number of benzene rings is 2. The lowest BCUT2D eigenvalue weighted by Crippen LogP contribution is -2.16. The molecule has 0 saturated heterocycles. The van der Waals surface area contributed by atoms with Crippen molar-refractivity contribution in [2.45, 2.75) is 16.2 Å². The molecule has 0 amide bonds. The molecule has 0 heterocycles. The van der Waals surface area contributed by atoms with Gasteiger partial charge in [0.2, 0.25) is 0 Å². The Balaban J connectivity index is 2.11. The summed E-state index contributed by atoms with van der Waals surface area (Å²) in [6, 6.07) is 14.3. The van der Waals surface area contributed by atoms with E-state index in [-0.39, 0.29) is 5.82 Å². The fraction of sp³-hybridized carbons (Fsp3) is 0.200. The molecule has 0 N–H and O–H groups in total. The molecule has 98 valence electrons. The van der Waals surface area contributed by atoms with E-state index in [2.05, 4.69) is 15.9 Å². The third-order valence-corrected chi connectivity index (χ3v) is 5.10. The lowest BCUT2D eigenvalue weighted by atomic mass is 9.88. The molecule has 1 fully saturated rings. The van der Waals surface area contributed by atoms with E-state index in [0.717, 1.165) is 15.6 Å². The summed E-state index contributed by atoms with van der Waals surface area (Å²) in [7, 11) is 0. The van der Waals surface area contributed by atoms with Crippen molar-refractivity contribution < 1.29 is 4.39 Å². The van der Waals surface area contributed by atoms with Crippen molar-refractivity contribution in [3.8, 4) is 0 Å². The van der Waals surface area contributed by atoms with Gasteiger partial charge in [-0.25, -0.2) is 4.39 Å². The van der Waals surface area contributed by atoms with E-state index in [4.69, 9.17) is 23.2 Å². The van der Waals surface area contributed by atoms with Gasteiger partial charge in [0, 0.05) is 4.47 Å². The largest absolute Gasteiger partial charge is 0.207 e. The van der Waals surface area contributed by atoms with Gasteiger partial charge in [-0.15, -0.1) is 23.2 Å². The van der Waals surface area contributed by atoms with Gasteiger partial charge < -0.3 is 0 Å². The van der Waals surface area contributed by atoms with Gasteiger partial charge in [0.15, 0.2) is 0 Å². The standard InChI is InChI=1S/C15H10BrCl2F/c16-12-5-1-10(2-6-12)14(9-15(14,17)18)11-3-7-13(19)8-4-11/h1-8H,9H2. The summed E-state index contributed by atoms with van der Waals surface area (Å²) in [6.07, 6.45) is 0.635. The van der Waals surface area contributed by atoms with Gasteiger partial charge in [-0.2, -0.15) is 0 Å². The minimum Gasteiger partial charge on any atom is -0.207 e. The first-order chi connectivity index (χ1) is 8.96. The molecule has 1 aliphatic rings. The molecule has 4 heteroatoms. The molecule has 19 heavy (non-hydrogen) atoms. The molecule has 0 aromatic heterocycles. The van der Waals surface area contributed by atoms with Gasteiger partial charge in [-0.05, 0) is 41.8 Å². The topological polar surface area (TPSA) is 0 Å². The van der Waals surface area contributed by atoms with E-state index in [1.165, 1.54) is 12.1 Å². The number of alkyl halides is 2. The van der Waals surface area contributed by atoms with Crippen molar-refractivity contribution in [3.05, 3.63) is 69.9 Å². The quantitative estimate of drug-likeness (QED) is 0.625. The van der Waals surface area contributed by atoms with E-state index in [9.17, 15) is 4.39 Å². The maximum atomic E-state index is 13.1. The summed E-state index contributed by atoms with van der Waals surface area (Å²) in [5, 5.41) is 0. The molecule has 1 saturated carbocycles. The molecule has 0 bridgehead atoms. The van der Waals surface area contributed by atoms with Crippen molar-refractivity contribution in [2.24, 2.45) is 0 Å². The highest BCUT2D eigenvalue weighted by molar-refractivity contribution is 9.10. The monoisotopic (exact) mass is 358 g/mol. The Bertz CT molecular complexity index is 560. The molecule has 0 spiro atoms. The Morgan fingerprint density at radius 3 is 1.74 bits per heavy atom. The summed E-state index contributed by atoms with van der Waals surface area (Å²) in [4.78, 5) is 0. The number of rotatable bonds is 2. The van der Waals surface area contributed by atoms with Gasteiger partial charge in [-0.1, -0.05) is 40.2 Å². The highest BCUT2D eigenvalue weighted by Gasteiger charge is 2.68. The van der Waals surface area contributed by atoms with Crippen LogP contribution in [0, 0.1) is 5.82 Å². The Kier molecular flexibility index (Phi) is 3.16. The van der Waals surface area contributed by atoms with Crippen LogP contribution in [0.5, 0.6) is 0 Å². The second kappa shape index (κ2) is 4.47. The lowest BCUT2D eigenvalue weighted by molar-refractivity contribution is 0.626. The minimum atomic E-state index is -0.835. The van der Waals surface area contributed by atoms with Crippen LogP contribution in [-0.4, -0.2) is 4.33 Å². The van der Waals surface area contributed by atoms with Crippen LogP contribution in [0.2, 0.25) is 0 Å². The second-order valence-electron chi connectivity index (χ2n) is 4.80. The van der Waals surface area contributed by atoms with Crippen molar-refractivity contribution in [3.63, 3.8) is 0 Å². The predicted octanol–water partition coefficient (Wildman–Crippen LogP) is 5.45. The third kappa shape index (κ3) is 2.10. The van der Waals surface area contributed by atoms with E-state index in [1.807, 2.05) is 24.3 Å². The average molecular weight is 360 g/mol. The molecule has 2 aromatic rings. The van der Waals surface area contributed by atoms with Crippen LogP contribution in [-0.2, 0) is 5.41 Å². The summed E-state index contributed by atoms with van der Waals surface area (Å²) < 4.78 is 13.2. The smallest absolute Gasteiger partial charge is 0.133 e. The summed E-state index contributed by atoms with van der Waals surface area (Å²) in [5.41, 5.74) is 1.55. The van der Waals surface area contributed by atoms with Crippen molar-refractivity contribution in [1.82, 2.24) is 0 Å². The Labute approximate surface area is 129 Å². The van der Waals surface area contributed by atoms with Crippen molar-refractivity contribution >= 4 is 39.1 Å². The highest BCUT2D eigenvalue weighted by atomic mass is 79.9. The fourth-order valence-corrected chi connectivity index (χ4v) is 3.65.